The molecule has 1 heterocycles. The minimum Gasteiger partial charge on any atom is -0.492 e. The predicted molar refractivity (Wildman–Crippen MR) is 80.6 cm³/mol. The first-order valence-corrected chi connectivity index (χ1v) is 7.41. The molecular formula is C16H18ClNO2. The Hall–Kier alpha value is -1.61. The Bertz CT molecular complexity index is 594. The van der Waals surface area contributed by atoms with E-state index in [1.54, 1.807) is 6.26 Å². The summed E-state index contributed by atoms with van der Waals surface area (Å²) in [6.45, 7) is 2.57. The van der Waals surface area contributed by atoms with Crippen molar-refractivity contribution in [3.05, 3.63) is 46.9 Å². The standard InChI is InChI=1S/C16H18ClNO2/c1-2-19-16-7-6-11(10-13(16)17)18-14-4-3-5-15-12(14)8-9-20-15/h6-10,14,18H,2-5H2,1H3. The summed E-state index contributed by atoms with van der Waals surface area (Å²) < 4.78 is 11.0. The number of anilines is 1. The average Bonchev–Trinajstić information content (AvgIpc) is 2.91. The molecule has 0 bridgehead atoms. The second-order valence-corrected chi connectivity index (χ2v) is 5.37. The first kappa shape index (κ1) is 13.4. The van der Waals surface area contributed by atoms with Gasteiger partial charge in [0.25, 0.3) is 0 Å². The summed E-state index contributed by atoms with van der Waals surface area (Å²) in [6.07, 6.45) is 5.06. The van der Waals surface area contributed by atoms with Crippen LogP contribution >= 0.6 is 11.6 Å². The molecular weight excluding hydrogens is 274 g/mol. The first-order chi connectivity index (χ1) is 9.78. The van der Waals surface area contributed by atoms with Crippen LogP contribution in [0.1, 0.15) is 37.1 Å². The molecule has 20 heavy (non-hydrogen) atoms. The highest BCUT2D eigenvalue weighted by molar-refractivity contribution is 6.32. The lowest BCUT2D eigenvalue weighted by Gasteiger charge is -2.24. The number of halogens is 1. The van der Waals surface area contributed by atoms with Gasteiger partial charge in [-0.15, -0.1) is 0 Å². The number of nitrogens with one attached hydrogen (secondary N) is 1. The van der Waals surface area contributed by atoms with Crippen LogP contribution in [0.3, 0.4) is 0 Å². The molecule has 1 aliphatic rings. The number of furan rings is 1. The number of rotatable bonds is 4. The summed E-state index contributed by atoms with van der Waals surface area (Å²) in [5.74, 6) is 1.83. The van der Waals surface area contributed by atoms with Crippen LogP contribution in [0, 0.1) is 0 Å². The van der Waals surface area contributed by atoms with Gasteiger partial charge in [0.2, 0.25) is 0 Å². The van der Waals surface area contributed by atoms with Crippen molar-refractivity contribution in [1.29, 1.82) is 0 Å². The van der Waals surface area contributed by atoms with Crippen molar-refractivity contribution in [2.24, 2.45) is 0 Å². The van der Waals surface area contributed by atoms with Gasteiger partial charge in [-0.2, -0.15) is 0 Å². The van der Waals surface area contributed by atoms with E-state index in [-0.39, 0.29) is 0 Å². The fourth-order valence-electron chi connectivity index (χ4n) is 2.70. The van der Waals surface area contributed by atoms with Gasteiger partial charge in [0.15, 0.2) is 0 Å². The minimum atomic E-state index is 0.298. The molecule has 106 valence electrons. The maximum atomic E-state index is 6.22. The molecule has 1 aromatic heterocycles. The molecule has 1 aliphatic carbocycles. The minimum absolute atomic E-state index is 0.298. The van der Waals surface area contributed by atoms with Gasteiger partial charge < -0.3 is 14.5 Å². The largest absolute Gasteiger partial charge is 0.492 e. The molecule has 3 nitrogen and oxygen atoms in total. The van der Waals surface area contributed by atoms with Crippen molar-refractivity contribution in [2.45, 2.75) is 32.2 Å². The molecule has 0 spiro atoms. The Morgan fingerprint density at radius 3 is 3.10 bits per heavy atom. The summed E-state index contributed by atoms with van der Waals surface area (Å²) in [4.78, 5) is 0. The summed E-state index contributed by atoms with van der Waals surface area (Å²) in [7, 11) is 0. The van der Waals surface area contributed by atoms with Gasteiger partial charge >= 0.3 is 0 Å². The summed E-state index contributed by atoms with van der Waals surface area (Å²) in [5, 5.41) is 4.17. The first-order valence-electron chi connectivity index (χ1n) is 7.03. The molecule has 0 saturated heterocycles. The quantitative estimate of drug-likeness (QED) is 0.877. The summed E-state index contributed by atoms with van der Waals surface area (Å²) in [6, 6.07) is 8.19. The zero-order valence-corrected chi connectivity index (χ0v) is 12.2. The maximum Gasteiger partial charge on any atom is 0.138 e. The molecule has 1 unspecified atom stereocenters. The molecule has 1 atom stereocenters. The molecule has 2 aromatic rings. The lowest BCUT2D eigenvalue weighted by atomic mass is 9.93. The van der Waals surface area contributed by atoms with Crippen molar-refractivity contribution >= 4 is 17.3 Å². The van der Waals surface area contributed by atoms with Crippen molar-refractivity contribution < 1.29 is 9.15 Å². The van der Waals surface area contributed by atoms with Gasteiger partial charge in [-0.25, -0.2) is 0 Å². The number of fused-ring (bicyclic) bond motifs is 1. The van der Waals surface area contributed by atoms with Crippen LogP contribution in [-0.2, 0) is 6.42 Å². The highest BCUT2D eigenvalue weighted by Gasteiger charge is 2.22. The molecule has 0 fully saturated rings. The topological polar surface area (TPSA) is 34.4 Å². The third-order valence-corrected chi connectivity index (χ3v) is 3.92. The lowest BCUT2D eigenvalue weighted by Crippen LogP contribution is -2.15. The molecule has 0 aliphatic heterocycles. The van der Waals surface area contributed by atoms with Crippen LogP contribution in [0.5, 0.6) is 5.75 Å². The Labute approximate surface area is 123 Å². The molecule has 3 rings (SSSR count). The third kappa shape index (κ3) is 2.63. The van der Waals surface area contributed by atoms with E-state index in [0.29, 0.717) is 17.7 Å². The van der Waals surface area contributed by atoms with Gasteiger partial charge in [0.1, 0.15) is 11.5 Å². The van der Waals surface area contributed by atoms with E-state index in [9.17, 15) is 0 Å². The highest BCUT2D eigenvalue weighted by Crippen LogP contribution is 2.35. The van der Waals surface area contributed by atoms with Gasteiger partial charge in [-0.1, -0.05) is 11.6 Å². The van der Waals surface area contributed by atoms with Crippen LogP contribution in [0.25, 0.3) is 0 Å². The third-order valence-electron chi connectivity index (χ3n) is 3.62. The predicted octanol–water partition coefficient (Wildman–Crippen LogP) is 4.82. The monoisotopic (exact) mass is 291 g/mol. The Morgan fingerprint density at radius 2 is 2.30 bits per heavy atom. The maximum absolute atomic E-state index is 6.22. The number of hydrogen-bond donors (Lipinski definition) is 1. The number of benzene rings is 1. The Kier molecular flexibility index (Phi) is 3.88. The van der Waals surface area contributed by atoms with Gasteiger partial charge in [0, 0.05) is 17.7 Å². The Balaban J connectivity index is 1.78. The molecule has 0 radical (unpaired) electrons. The van der Waals surface area contributed by atoms with Crippen molar-refractivity contribution in [2.75, 3.05) is 11.9 Å². The molecule has 1 N–H and O–H groups in total. The second kappa shape index (κ2) is 5.80. The number of ether oxygens (including phenoxy) is 1. The highest BCUT2D eigenvalue weighted by atomic mass is 35.5. The molecule has 0 saturated carbocycles. The van der Waals surface area contributed by atoms with Crippen LogP contribution in [0.15, 0.2) is 34.9 Å². The normalized spacial score (nSPS) is 17.6. The SMILES string of the molecule is CCOc1ccc(NC2CCCc3occc32)cc1Cl. The zero-order valence-electron chi connectivity index (χ0n) is 11.5. The average molecular weight is 292 g/mol. The van der Waals surface area contributed by atoms with Crippen molar-refractivity contribution in [1.82, 2.24) is 0 Å². The number of hydrogen-bond acceptors (Lipinski definition) is 3. The summed E-state index contributed by atoms with van der Waals surface area (Å²) >= 11 is 6.22. The molecule has 4 heteroatoms. The van der Waals surface area contributed by atoms with Crippen molar-refractivity contribution in [3.63, 3.8) is 0 Å². The lowest BCUT2D eigenvalue weighted by molar-refractivity contribution is 0.340. The second-order valence-electron chi connectivity index (χ2n) is 4.97. The van der Waals surface area contributed by atoms with Gasteiger partial charge in [-0.3, -0.25) is 0 Å². The molecule has 1 aromatic carbocycles. The van der Waals surface area contributed by atoms with Gasteiger partial charge in [0.05, 0.1) is 23.9 Å². The van der Waals surface area contributed by atoms with E-state index in [1.807, 2.05) is 25.1 Å². The zero-order chi connectivity index (χ0) is 13.9. The van der Waals surface area contributed by atoms with E-state index >= 15 is 0 Å². The van der Waals surface area contributed by atoms with E-state index in [2.05, 4.69) is 11.4 Å². The van der Waals surface area contributed by atoms with E-state index in [0.717, 1.165) is 36.5 Å². The van der Waals surface area contributed by atoms with Crippen LogP contribution in [0.2, 0.25) is 5.02 Å². The van der Waals surface area contributed by atoms with Crippen LogP contribution < -0.4 is 10.1 Å². The fraction of sp³-hybridized carbons (Fsp3) is 0.375. The van der Waals surface area contributed by atoms with E-state index in [1.165, 1.54) is 5.56 Å². The van der Waals surface area contributed by atoms with E-state index in [4.69, 9.17) is 20.8 Å². The van der Waals surface area contributed by atoms with Crippen molar-refractivity contribution in [3.8, 4) is 5.75 Å². The molecule has 0 amide bonds. The van der Waals surface area contributed by atoms with Crippen LogP contribution in [-0.4, -0.2) is 6.61 Å². The summed E-state index contributed by atoms with van der Waals surface area (Å²) in [5.41, 5.74) is 2.28. The fourth-order valence-corrected chi connectivity index (χ4v) is 2.94. The van der Waals surface area contributed by atoms with Crippen LogP contribution in [0.4, 0.5) is 5.69 Å². The van der Waals surface area contributed by atoms with E-state index < -0.39 is 0 Å². The Morgan fingerprint density at radius 1 is 1.40 bits per heavy atom. The smallest absolute Gasteiger partial charge is 0.138 e. The van der Waals surface area contributed by atoms with Gasteiger partial charge in [-0.05, 0) is 44.0 Å². The number of aryl methyl sites for hydroxylation is 1.